The molecule has 0 bridgehead atoms. The van der Waals surface area contributed by atoms with Gasteiger partial charge in [-0.25, -0.2) is 4.79 Å². The van der Waals surface area contributed by atoms with Gasteiger partial charge < -0.3 is 45.3 Å². The van der Waals surface area contributed by atoms with E-state index >= 15 is 0 Å². The third-order valence-corrected chi connectivity index (χ3v) is 0.792. The summed E-state index contributed by atoms with van der Waals surface area (Å²) >= 11 is 0. The van der Waals surface area contributed by atoms with Gasteiger partial charge in [0.2, 0.25) is 0 Å². The van der Waals surface area contributed by atoms with Crippen LogP contribution in [-0.2, 0) is 33.7 Å². The maximum atomic E-state index is 9.38. The summed E-state index contributed by atoms with van der Waals surface area (Å²) < 4.78 is 11.7. The van der Waals surface area contributed by atoms with E-state index in [0.717, 1.165) is 0 Å². The maximum absolute atomic E-state index is 9.38. The van der Waals surface area contributed by atoms with Crippen LogP contribution in [0.25, 0.3) is 0 Å². The van der Waals surface area contributed by atoms with Gasteiger partial charge in [-0.15, -0.1) is 0 Å². The van der Waals surface area contributed by atoms with Crippen molar-refractivity contribution < 1.29 is 63.4 Å². The predicted octanol–water partition coefficient (Wildman–Crippen LogP) is -0.407. The van der Waals surface area contributed by atoms with Crippen molar-refractivity contribution in [1.29, 1.82) is 0 Å². The van der Waals surface area contributed by atoms with Gasteiger partial charge in [-0.3, -0.25) is 0 Å². The Bertz CT molecular complexity index is 199. The van der Waals surface area contributed by atoms with Crippen molar-refractivity contribution in [3.05, 3.63) is 0 Å². The number of hydrogen-bond acceptors (Lipinski definition) is 9. The summed E-state index contributed by atoms with van der Waals surface area (Å²) in [6.45, 7) is 5.35. The van der Waals surface area contributed by atoms with Crippen LogP contribution in [0.1, 0.15) is 20.8 Å². The molecule has 4 N–H and O–H groups in total. The molecule has 0 radical (unpaired) electrons. The minimum Gasteiger partial charge on any atom is -0.550 e. The second-order valence-electron chi connectivity index (χ2n) is 2.06. The van der Waals surface area contributed by atoms with E-state index in [4.69, 9.17) is 5.11 Å². The molecule has 0 aliphatic heterocycles. The average Bonchev–Trinajstić information content (AvgIpc) is 2.18. The first-order valence-electron chi connectivity index (χ1n) is 4.84. The van der Waals surface area contributed by atoms with Crippen molar-refractivity contribution in [1.82, 2.24) is 6.15 Å². The molecular formula is C9H19NO9Zn. The van der Waals surface area contributed by atoms with E-state index in [0.29, 0.717) is 0 Å². The molecule has 116 valence electrons. The van der Waals surface area contributed by atoms with Crippen LogP contribution in [0.15, 0.2) is 0 Å². The number of carbonyl (C=O) groups excluding carboxylic acids is 2. The van der Waals surface area contributed by atoms with E-state index in [9.17, 15) is 24.6 Å². The summed E-state index contributed by atoms with van der Waals surface area (Å²) in [7, 11) is 0. The van der Waals surface area contributed by atoms with Gasteiger partial charge in [0.1, 0.15) is 0 Å². The Kier molecular flexibility index (Phi) is 40.4. The standard InChI is InChI=1S/3C3H6O3.H3N.Zn/c3*1-2-6-3(4)5;;/h3*2H2,1H3,(H,4,5);1H3;/q;;;;+2/p-2. The normalized spacial score (nSPS) is 6.75. The van der Waals surface area contributed by atoms with E-state index in [2.05, 4.69) is 14.2 Å². The summed E-state index contributed by atoms with van der Waals surface area (Å²) in [5, 5.41) is 26.2. The molecule has 0 atom stereocenters. The molecule has 11 heteroatoms. The summed E-state index contributed by atoms with van der Waals surface area (Å²) in [5.74, 6) is 0. The van der Waals surface area contributed by atoms with Crippen molar-refractivity contribution in [3.63, 3.8) is 0 Å². The number of ether oxygens (including phenoxy) is 3. The Balaban J connectivity index is -0.0000000536. The Labute approximate surface area is 129 Å². The van der Waals surface area contributed by atoms with E-state index in [1.54, 1.807) is 20.8 Å². The number of rotatable bonds is 3. The Morgan fingerprint density at radius 2 is 1.10 bits per heavy atom. The molecule has 0 saturated carbocycles. The second-order valence-corrected chi connectivity index (χ2v) is 2.06. The van der Waals surface area contributed by atoms with Gasteiger partial charge in [-0.05, 0) is 20.8 Å². The van der Waals surface area contributed by atoms with E-state index in [1.807, 2.05) is 0 Å². The van der Waals surface area contributed by atoms with Crippen molar-refractivity contribution in [2.24, 2.45) is 0 Å². The van der Waals surface area contributed by atoms with Crippen LogP contribution >= 0.6 is 0 Å². The third-order valence-electron chi connectivity index (χ3n) is 0.792. The van der Waals surface area contributed by atoms with E-state index < -0.39 is 18.5 Å². The topological polar surface area (TPSA) is 180 Å². The molecule has 0 heterocycles. The quantitative estimate of drug-likeness (QED) is 0.385. The molecule has 0 aliphatic carbocycles. The molecule has 0 fully saturated rings. The molecule has 0 aromatic rings. The maximum Gasteiger partial charge on any atom is 2.00 e. The summed E-state index contributed by atoms with van der Waals surface area (Å²) in [6.07, 6.45) is -4.13. The van der Waals surface area contributed by atoms with Gasteiger partial charge in [0.25, 0.3) is 12.3 Å². The van der Waals surface area contributed by atoms with Gasteiger partial charge in [0.15, 0.2) is 0 Å². The Morgan fingerprint density at radius 3 is 1.10 bits per heavy atom. The van der Waals surface area contributed by atoms with Crippen LogP contribution in [0.3, 0.4) is 0 Å². The zero-order chi connectivity index (χ0) is 15.0. The fraction of sp³-hybridized carbons (Fsp3) is 0.667. The fourth-order valence-corrected chi connectivity index (χ4v) is 0.359. The fourth-order valence-electron chi connectivity index (χ4n) is 0.359. The molecule has 0 rings (SSSR count). The molecule has 0 spiro atoms. The minimum absolute atomic E-state index is 0. The summed E-state index contributed by atoms with van der Waals surface area (Å²) in [6, 6.07) is 0. The molecule has 0 aromatic heterocycles. The zero-order valence-electron chi connectivity index (χ0n) is 11.7. The second kappa shape index (κ2) is 26.1. The van der Waals surface area contributed by atoms with Crippen molar-refractivity contribution in [2.45, 2.75) is 20.8 Å². The van der Waals surface area contributed by atoms with Crippen LogP contribution in [0.4, 0.5) is 14.4 Å². The number of hydrogen-bond donors (Lipinski definition) is 2. The monoisotopic (exact) mass is 349 g/mol. The third kappa shape index (κ3) is 71.1. The summed E-state index contributed by atoms with van der Waals surface area (Å²) in [5.41, 5.74) is 0. The molecule has 0 aliphatic rings. The Morgan fingerprint density at radius 1 is 0.850 bits per heavy atom. The molecule has 0 amide bonds. The average molecular weight is 351 g/mol. The molecule has 0 aromatic carbocycles. The van der Waals surface area contributed by atoms with E-state index in [1.165, 1.54) is 0 Å². The Hall–Kier alpha value is -1.61. The smallest absolute Gasteiger partial charge is 0.550 e. The first-order chi connectivity index (χ1) is 8.31. The first kappa shape index (κ1) is 31.0. The van der Waals surface area contributed by atoms with Crippen LogP contribution in [-0.4, -0.2) is 43.4 Å². The van der Waals surface area contributed by atoms with Gasteiger partial charge in [0.05, 0.1) is 6.61 Å². The number of carbonyl (C=O) groups is 3. The van der Waals surface area contributed by atoms with Crippen molar-refractivity contribution in [3.8, 4) is 0 Å². The van der Waals surface area contributed by atoms with Gasteiger partial charge >= 0.3 is 25.6 Å². The molecular weight excluding hydrogens is 331 g/mol. The van der Waals surface area contributed by atoms with Crippen LogP contribution in [0, 0.1) is 0 Å². The number of carboxylic acid groups (broad SMARTS) is 3. The van der Waals surface area contributed by atoms with Gasteiger partial charge in [-0.1, -0.05) is 0 Å². The van der Waals surface area contributed by atoms with Gasteiger partial charge in [-0.2, -0.15) is 0 Å². The van der Waals surface area contributed by atoms with Crippen molar-refractivity contribution >= 4 is 18.5 Å². The first-order valence-corrected chi connectivity index (χ1v) is 4.84. The van der Waals surface area contributed by atoms with Crippen molar-refractivity contribution in [2.75, 3.05) is 19.8 Å². The van der Waals surface area contributed by atoms with Crippen LogP contribution < -0.4 is 16.4 Å². The largest absolute Gasteiger partial charge is 2.00 e. The van der Waals surface area contributed by atoms with Crippen LogP contribution in [0.5, 0.6) is 0 Å². The predicted molar refractivity (Wildman–Crippen MR) is 58.7 cm³/mol. The zero-order valence-corrected chi connectivity index (χ0v) is 14.7. The van der Waals surface area contributed by atoms with E-state index in [-0.39, 0.29) is 45.4 Å². The SMILES string of the molecule is CCOC(=O)O.CCOC(=O)[O-].CCOC(=O)[O-].N.[Zn+2]. The molecule has 10 nitrogen and oxygen atoms in total. The van der Waals surface area contributed by atoms with Crippen LogP contribution in [0.2, 0.25) is 0 Å². The van der Waals surface area contributed by atoms with Gasteiger partial charge in [0, 0.05) is 13.2 Å². The molecule has 20 heavy (non-hydrogen) atoms. The minimum atomic E-state index is -1.46. The summed E-state index contributed by atoms with van der Waals surface area (Å²) in [4.78, 5) is 27.9. The molecule has 0 unspecified atom stereocenters. The molecule has 0 saturated heterocycles.